The summed E-state index contributed by atoms with van der Waals surface area (Å²) in [6, 6.07) is 0. The summed E-state index contributed by atoms with van der Waals surface area (Å²) in [6.07, 6.45) is -4.81. The van der Waals surface area contributed by atoms with Gasteiger partial charge >= 0.3 is 6.18 Å². The van der Waals surface area contributed by atoms with E-state index in [2.05, 4.69) is 4.98 Å². The number of imidazole rings is 1. The minimum Gasteiger partial charge on any atom is -0.378 e. The molecule has 1 unspecified atom stereocenters. The van der Waals surface area contributed by atoms with Gasteiger partial charge < -0.3 is 9.67 Å². The third kappa shape index (κ3) is 2.00. The molecule has 13 heavy (non-hydrogen) atoms. The Balaban J connectivity index is 2.94. The number of aliphatic hydroxyl groups excluding tert-OH is 1. The molecule has 0 radical (unpaired) electrons. The highest BCUT2D eigenvalue weighted by Crippen LogP contribution is 2.31. The first-order valence-corrected chi connectivity index (χ1v) is 3.71. The fraction of sp³-hybridized carbons (Fsp3) is 0.571. The van der Waals surface area contributed by atoms with E-state index in [0.29, 0.717) is 6.54 Å². The summed E-state index contributed by atoms with van der Waals surface area (Å²) in [6.45, 7) is 2.02. The summed E-state index contributed by atoms with van der Waals surface area (Å²) in [5.74, 6) is 0. The second-order valence-electron chi connectivity index (χ2n) is 2.55. The Morgan fingerprint density at radius 2 is 2.23 bits per heavy atom. The molecule has 1 rings (SSSR count). The zero-order valence-electron chi connectivity index (χ0n) is 6.91. The van der Waals surface area contributed by atoms with Gasteiger partial charge in [0.25, 0.3) is 0 Å². The predicted molar refractivity (Wildman–Crippen MR) is 38.9 cm³/mol. The van der Waals surface area contributed by atoms with Gasteiger partial charge in [0.05, 0.1) is 18.2 Å². The summed E-state index contributed by atoms with van der Waals surface area (Å²) in [5.41, 5.74) is -0.227. The third-order valence-electron chi connectivity index (χ3n) is 1.68. The van der Waals surface area contributed by atoms with Gasteiger partial charge in [0.1, 0.15) is 0 Å². The molecule has 0 bridgehead atoms. The molecule has 0 amide bonds. The minimum absolute atomic E-state index is 0.227. The maximum absolute atomic E-state index is 12.0. The normalized spacial score (nSPS) is 14.5. The molecule has 1 aromatic rings. The second kappa shape index (κ2) is 3.37. The van der Waals surface area contributed by atoms with Crippen molar-refractivity contribution in [3.05, 3.63) is 18.2 Å². The molecule has 0 spiro atoms. The molecule has 1 aromatic heterocycles. The Kier molecular flexibility index (Phi) is 2.60. The van der Waals surface area contributed by atoms with E-state index in [1.165, 1.54) is 10.9 Å². The first-order chi connectivity index (χ1) is 5.96. The van der Waals surface area contributed by atoms with Crippen LogP contribution in [0.4, 0.5) is 13.2 Å². The minimum atomic E-state index is -4.63. The van der Waals surface area contributed by atoms with E-state index in [4.69, 9.17) is 5.11 Å². The number of alkyl halides is 3. The molecular formula is C7H9F3N2O. The SMILES string of the molecule is CCn1cncc1C(O)C(F)(F)F. The van der Waals surface area contributed by atoms with Crippen molar-refractivity contribution in [1.82, 2.24) is 9.55 Å². The third-order valence-corrected chi connectivity index (χ3v) is 1.68. The molecule has 6 heteroatoms. The lowest BCUT2D eigenvalue weighted by Gasteiger charge is -2.15. The topological polar surface area (TPSA) is 38.0 Å². The lowest BCUT2D eigenvalue weighted by atomic mass is 10.2. The zero-order chi connectivity index (χ0) is 10.1. The van der Waals surface area contributed by atoms with E-state index < -0.39 is 12.3 Å². The van der Waals surface area contributed by atoms with Gasteiger partial charge in [0.15, 0.2) is 6.10 Å². The smallest absolute Gasteiger partial charge is 0.378 e. The molecule has 1 heterocycles. The standard InChI is InChI=1S/C7H9F3N2O/c1-2-12-4-11-3-5(12)6(13)7(8,9)10/h3-4,6,13H,2H2,1H3. The van der Waals surface area contributed by atoms with Crippen molar-refractivity contribution >= 4 is 0 Å². The summed E-state index contributed by atoms with van der Waals surface area (Å²) < 4.78 is 37.4. The zero-order valence-corrected chi connectivity index (χ0v) is 6.91. The molecule has 0 aliphatic carbocycles. The van der Waals surface area contributed by atoms with Crippen LogP contribution in [0.1, 0.15) is 18.7 Å². The van der Waals surface area contributed by atoms with Crippen LogP contribution < -0.4 is 0 Å². The number of aryl methyl sites for hydroxylation is 1. The number of nitrogens with zero attached hydrogens (tertiary/aromatic N) is 2. The van der Waals surface area contributed by atoms with Crippen LogP contribution in [-0.2, 0) is 6.54 Å². The number of hydrogen-bond donors (Lipinski definition) is 1. The molecule has 0 aliphatic heterocycles. The first kappa shape index (κ1) is 10.0. The van der Waals surface area contributed by atoms with Crippen LogP contribution in [0.5, 0.6) is 0 Å². The van der Waals surface area contributed by atoms with Crippen molar-refractivity contribution in [2.24, 2.45) is 0 Å². The Bertz CT molecular complexity index is 282. The Hall–Kier alpha value is -1.04. The predicted octanol–water partition coefficient (Wildman–Crippen LogP) is 1.50. The van der Waals surface area contributed by atoms with Crippen molar-refractivity contribution in [2.75, 3.05) is 0 Å². The number of aromatic nitrogens is 2. The van der Waals surface area contributed by atoms with Crippen molar-refractivity contribution in [3.63, 3.8) is 0 Å². The molecule has 1 N–H and O–H groups in total. The fourth-order valence-corrected chi connectivity index (χ4v) is 0.991. The molecule has 74 valence electrons. The van der Waals surface area contributed by atoms with Gasteiger partial charge in [-0.25, -0.2) is 4.98 Å². The Morgan fingerprint density at radius 1 is 1.62 bits per heavy atom. The van der Waals surface area contributed by atoms with Crippen molar-refractivity contribution in [3.8, 4) is 0 Å². The van der Waals surface area contributed by atoms with Crippen molar-refractivity contribution in [1.29, 1.82) is 0 Å². The van der Waals surface area contributed by atoms with E-state index in [0.717, 1.165) is 6.20 Å². The molecule has 0 fully saturated rings. The molecule has 0 saturated carbocycles. The van der Waals surface area contributed by atoms with E-state index in [1.807, 2.05) is 0 Å². The van der Waals surface area contributed by atoms with Crippen LogP contribution in [-0.4, -0.2) is 20.8 Å². The van der Waals surface area contributed by atoms with Crippen LogP contribution in [0, 0.1) is 0 Å². The second-order valence-corrected chi connectivity index (χ2v) is 2.55. The highest BCUT2D eigenvalue weighted by Gasteiger charge is 2.41. The first-order valence-electron chi connectivity index (χ1n) is 3.71. The van der Waals surface area contributed by atoms with E-state index >= 15 is 0 Å². The monoisotopic (exact) mass is 194 g/mol. The van der Waals surface area contributed by atoms with Crippen LogP contribution in [0.2, 0.25) is 0 Å². The van der Waals surface area contributed by atoms with Gasteiger partial charge in [0.2, 0.25) is 0 Å². The van der Waals surface area contributed by atoms with Gasteiger partial charge in [0, 0.05) is 6.54 Å². The summed E-state index contributed by atoms with van der Waals surface area (Å²) in [7, 11) is 0. The molecule has 0 aromatic carbocycles. The average Bonchev–Trinajstić information content (AvgIpc) is 2.48. The highest BCUT2D eigenvalue weighted by atomic mass is 19.4. The van der Waals surface area contributed by atoms with Gasteiger partial charge in [-0.15, -0.1) is 0 Å². The molecule has 1 atom stereocenters. The van der Waals surface area contributed by atoms with E-state index in [1.54, 1.807) is 6.92 Å². The maximum atomic E-state index is 12.0. The van der Waals surface area contributed by atoms with Crippen LogP contribution in [0.3, 0.4) is 0 Å². The summed E-state index contributed by atoms with van der Waals surface area (Å²) in [5, 5.41) is 8.87. The lowest BCUT2D eigenvalue weighted by molar-refractivity contribution is -0.208. The summed E-state index contributed by atoms with van der Waals surface area (Å²) >= 11 is 0. The maximum Gasteiger partial charge on any atom is 0.420 e. The highest BCUT2D eigenvalue weighted by molar-refractivity contribution is 5.04. The molecule has 3 nitrogen and oxygen atoms in total. The van der Waals surface area contributed by atoms with Gasteiger partial charge in [-0.3, -0.25) is 0 Å². The molecule has 0 aliphatic rings. The largest absolute Gasteiger partial charge is 0.420 e. The van der Waals surface area contributed by atoms with Gasteiger partial charge in [-0.2, -0.15) is 13.2 Å². The fourth-order valence-electron chi connectivity index (χ4n) is 0.991. The van der Waals surface area contributed by atoms with Crippen LogP contribution >= 0.6 is 0 Å². The number of rotatable bonds is 2. The average molecular weight is 194 g/mol. The number of halogens is 3. The molecular weight excluding hydrogens is 185 g/mol. The Morgan fingerprint density at radius 3 is 2.69 bits per heavy atom. The van der Waals surface area contributed by atoms with Gasteiger partial charge in [-0.1, -0.05) is 0 Å². The van der Waals surface area contributed by atoms with Gasteiger partial charge in [-0.05, 0) is 6.92 Å². The number of aliphatic hydroxyl groups is 1. The Labute approximate surface area is 72.8 Å². The van der Waals surface area contributed by atoms with Crippen molar-refractivity contribution < 1.29 is 18.3 Å². The van der Waals surface area contributed by atoms with E-state index in [-0.39, 0.29) is 5.69 Å². The quantitative estimate of drug-likeness (QED) is 0.774. The number of hydrogen-bond acceptors (Lipinski definition) is 2. The summed E-state index contributed by atoms with van der Waals surface area (Å²) in [4.78, 5) is 3.53. The van der Waals surface area contributed by atoms with Crippen molar-refractivity contribution in [2.45, 2.75) is 25.7 Å². The molecule has 0 saturated heterocycles. The van der Waals surface area contributed by atoms with E-state index in [9.17, 15) is 13.2 Å². The van der Waals surface area contributed by atoms with Crippen LogP contribution in [0.25, 0.3) is 0 Å². The van der Waals surface area contributed by atoms with Crippen LogP contribution in [0.15, 0.2) is 12.5 Å². The lowest BCUT2D eigenvalue weighted by Crippen LogP contribution is -2.22.